The third-order valence-electron chi connectivity index (χ3n) is 3.55. The summed E-state index contributed by atoms with van der Waals surface area (Å²) in [5.41, 5.74) is -0.928. The van der Waals surface area contributed by atoms with Gasteiger partial charge in [0, 0.05) is 6.54 Å². The maximum absolute atomic E-state index is 12.4. The van der Waals surface area contributed by atoms with Crippen molar-refractivity contribution in [3.05, 3.63) is 0 Å². The Balaban J connectivity index is 2.81. The van der Waals surface area contributed by atoms with Crippen molar-refractivity contribution in [3.8, 4) is 6.07 Å². The molecule has 0 bridgehead atoms. The van der Waals surface area contributed by atoms with Crippen LogP contribution in [-0.4, -0.2) is 37.0 Å². The van der Waals surface area contributed by atoms with Gasteiger partial charge in [0.2, 0.25) is 5.91 Å². The van der Waals surface area contributed by atoms with Gasteiger partial charge in [0.1, 0.15) is 12.0 Å². The van der Waals surface area contributed by atoms with Crippen molar-refractivity contribution in [2.24, 2.45) is 5.41 Å². The Morgan fingerprint density at radius 2 is 1.94 bits per heavy atom. The van der Waals surface area contributed by atoms with E-state index in [0.717, 1.165) is 19.3 Å². The highest BCUT2D eigenvalue weighted by atomic mass is 16.5. The van der Waals surface area contributed by atoms with Crippen molar-refractivity contribution in [2.45, 2.75) is 39.0 Å². The summed E-state index contributed by atoms with van der Waals surface area (Å²) in [5.74, 6) is -0.674. The number of nitriles is 1. The van der Waals surface area contributed by atoms with Crippen LogP contribution in [0.5, 0.6) is 0 Å². The molecule has 0 unspecified atom stereocenters. The number of ether oxygens (including phenoxy) is 1. The van der Waals surface area contributed by atoms with Crippen LogP contribution in [0.15, 0.2) is 0 Å². The molecule has 0 aromatic rings. The molecule has 1 rings (SSSR count). The van der Waals surface area contributed by atoms with Gasteiger partial charge < -0.3 is 9.64 Å². The van der Waals surface area contributed by atoms with Gasteiger partial charge in [-0.25, -0.2) is 0 Å². The van der Waals surface area contributed by atoms with E-state index in [1.54, 1.807) is 6.92 Å². The van der Waals surface area contributed by atoms with Crippen LogP contribution in [0, 0.1) is 16.7 Å². The fraction of sp³-hybridized carbons (Fsp3) is 0.769. The zero-order valence-corrected chi connectivity index (χ0v) is 11.1. The van der Waals surface area contributed by atoms with Crippen molar-refractivity contribution < 1.29 is 14.3 Å². The van der Waals surface area contributed by atoms with Crippen LogP contribution < -0.4 is 0 Å². The lowest BCUT2D eigenvalue weighted by molar-refractivity contribution is -0.150. The number of hydrogen-bond acceptors (Lipinski definition) is 4. The molecular weight excluding hydrogens is 232 g/mol. The summed E-state index contributed by atoms with van der Waals surface area (Å²) in [5, 5.41) is 9.33. The predicted molar refractivity (Wildman–Crippen MR) is 65.4 cm³/mol. The molecule has 100 valence electrons. The number of carbonyl (C=O) groups excluding carboxylic acids is 2. The van der Waals surface area contributed by atoms with Crippen LogP contribution in [0.3, 0.4) is 0 Å². The lowest BCUT2D eigenvalue weighted by Gasteiger charge is -2.33. The Morgan fingerprint density at radius 1 is 1.33 bits per heavy atom. The Hall–Kier alpha value is -1.57. The summed E-state index contributed by atoms with van der Waals surface area (Å²) < 4.78 is 4.57. The van der Waals surface area contributed by atoms with Gasteiger partial charge in [-0.2, -0.15) is 5.26 Å². The van der Waals surface area contributed by atoms with Crippen molar-refractivity contribution in [1.82, 2.24) is 4.90 Å². The van der Waals surface area contributed by atoms with E-state index in [1.807, 2.05) is 0 Å². The number of likely N-dealkylation sites (N-methyl/N-ethyl adjacent to an activating group) is 1. The molecule has 0 N–H and O–H groups in total. The van der Waals surface area contributed by atoms with E-state index in [-0.39, 0.29) is 12.5 Å². The molecule has 0 heterocycles. The normalized spacial score (nSPS) is 17.6. The topological polar surface area (TPSA) is 70.4 Å². The monoisotopic (exact) mass is 252 g/mol. The number of esters is 1. The first-order chi connectivity index (χ1) is 8.59. The lowest BCUT2D eigenvalue weighted by Crippen LogP contribution is -2.46. The van der Waals surface area contributed by atoms with Gasteiger partial charge in [0.25, 0.3) is 0 Å². The smallest absolute Gasteiger partial charge is 0.325 e. The van der Waals surface area contributed by atoms with E-state index in [2.05, 4.69) is 10.8 Å². The molecule has 0 radical (unpaired) electrons. The minimum atomic E-state index is -0.928. The number of amides is 1. The predicted octanol–water partition coefficient (Wildman–Crippen LogP) is 1.48. The van der Waals surface area contributed by atoms with Crippen LogP contribution in [0.1, 0.15) is 39.0 Å². The average molecular weight is 252 g/mol. The quantitative estimate of drug-likeness (QED) is 0.711. The third kappa shape index (κ3) is 3.00. The molecule has 0 aromatic carbocycles. The molecule has 0 atom stereocenters. The van der Waals surface area contributed by atoms with Crippen LogP contribution in [0.4, 0.5) is 0 Å². The zero-order valence-electron chi connectivity index (χ0n) is 11.1. The Kier molecular flexibility index (Phi) is 5.14. The average Bonchev–Trinajstić information content (AvgIpc) is 2.44. The van der Waals surface area contributed by atoms with E-state index in [4.69, 9.17) is 0 Å². The molecule has 1 saturated carbocycles. The number of nitrogens with zero attached hydrogens (tertiary/aromatic N) is 2. The Bertz CT molecular complexity index is 354. The summed E-state index contributed by atoms with van der Waals surface area (Å²) >= 11 is 0. The van der Waals surface area contributed by atoms with Crippen LogP contribution in [0.2, 0.25) is 0 Å². The largest absolute Gasteiger partial charge is 0.468 e. The summed E-state index contributed by atoms with van der Waals surface area (Å²) in [6, 6.07) is 2.18. The Labute approximate surface area is 108 Å². The molecular formula is C13H20N2O3. The van der Waals surface area contributed by atoms with Crippen molar-refractivity contribution in [2.75, 3.05) is 20.2 Å². The molecule has 5 heteroatoms. The molecule has 0 spiro atoms. The molecule has 18 heavy (non-hydrogen) atoms. The second kappa shape index (κ2) is 6.39. The lowest BCUT2D eigenvalue weighted by atomic mass is 9.74. The van der Waals surface area contributed by atoms with Crippen molar-refractivity contribution in [1.29, 1.82) is 5.26 Å². The van der Waals surface area contributed by atoms with Crippen LogP contribution in [-0.2, 0) is 14.3 Å². The van der Waals surface area contributed by atoms with Gasteiger partial charge in [0.15, 0.2) is 0 Å². The van der Waals surface area contributed by atoms with E-state index >= 15 is 0 Å². The van der Waals surface area contributed by atoms with E-state index in [0.29, 0.717) is 19.4 Å². The number of rotatable bonds is 4. The molecule has 1 aliphatic carbocycles. The number of hydrogen-bond donors (Lipinski definition) is 0. The molecule has 0 aromatic heterocycles. The number of carbonyl (C=O) groups is 2. The van der Waals surface area contributed by atoms with Gasteiger partial charge in [-0.1, -0.05) is 19.3 Å². The second-order valence-corrected chi connectivity index (χ2v) is 4.65. The van der Waals surface area contributed by atoms with Gasteiger partial charge in [-0.05, 0) is 19.8 Å². The van der Waals surface area contributed by atoms with Crippen molar-refractivity contribution in [3.63, 3.8) is 0 Å². The standard InChI is InChI=1S/C13H20N2O3/c1-3-15(9-11(16)18-2)12(17)13(10-14)7-5-4-6-8-13/h3-9H2,1-2H3. The Morgan fingerprint density at radius 3 is 2.39 bits per heavy atom. The van der Waals surface area contributed by atoms with Crippen LogP contribution in [0.25, 0.3) is 0 Å². The minimum absolute atomic E-state index is 0.0741. The first kappa shape index (κ1) is 14.5. The first-order valence-corrected chi connectivity index (χ1v) is 6.37. The van der Waals surface area contributed by atoms with Crippen molar-refractivity contribution >= 4 is 11.9 Å². The van der Waals surface area contributed by atoms with Gasteiger partial charge in [0.05, 0.1) is 13.2 Å². The molecule has 1 fully saturated rings. The van der Waals surface area contributed by atoms with E-state index in [1.165, 1.54) is 12.0 Å². The summed E-state index contributed by atoms with van der Waals surface area (Å²) in [6.45, 7) is 2.14. The second-order valence-electron chi connectivity index (χ2n) is 4.65. The zero-order chi connectivity index (χ0) is 13.6. The number of methoxy groups -OCH3 is 1. The molecule has 0 aliphatic heterocycles. The molecule has 5 nitrogen and oxygen atoms in total. The van der Waals surface area contributed by atoms with E-state index < -0.39 is 11.4 Å². The highest BCUT2D eigenvalue weighted by Gasteiger charge is 2.42. The summed E-state index contributed by atoms with van der Waals surface area (Å²) in [6.07, 6.45) is 4.06. The summed E-state index contributed by atoms with van der Waals surface area (Å²) in [4.78, 5) is 25.1. The fourth-order valence-electron chi connectivity index (χ4n) is 2.38. The van der Waals surface area contributed by atoms with Gasteiger partial charge >= 0.3 is 5.97 Å². The van der Waals surface area contributed by atoms with Crippen LogP contribution >= 0.6 is 0 Å². The van der Waals surface area contributed by atoms with Gasteiger partial charge in [-0.3, -0.25) is 9.59 Å². The molecule has 1 aliphatic rings. The minimum Gasteiger partial charge on any atom is -0.468 e. The maximum Gasteiger partial charge on any atom is 0.325 e. The highest BCUT2D eigenvalue weighted by Crippen LogP contribution is 2.37. The first-order valence-electron chi connectivity index (χ1n) is 6.37. The maximum atomic E-state index is 12.4. The molecule has 0 saturated heterocycles. The molecule has 1 amide bonds. The summed E-state index contributed by atoms with van der Waals surface area (Å²) in [7, 11) is 1.29. The third-order valence-corrected chi connectivity index (χ3v) is 3.55. The van der Waals surface area contributed by atoms with Gasteiger partial charge in [-0.15, -0.1) is 0 Å². The fourth-order valence-corrected chi connectivity index (χ4v) is 2.38. The SMILES string of the molecule is CCN(CC(=O)OC)C(=O)C1(C#N)CCCCC1. The highest BCUT2D eigenvalue weighted by molar-refractivity contribution is 5.88. The van der Waals surface area contributed by atoms with E-state index in [9.17, 15) is 14.9 Å².